The van der Waals surface area contributed by atoms with Gasteiger partial charge < -0.3 is 15.2 Å². The van der Waals surface area contributed by atoms with Crippen molar-refractivity contribution in [2.75, 3.05) is 7.05 Å². The molecule has 1 amide bonds. The number of esters is 1. The maximum atomic E-state index is 12.5. The number of Topliss-reactive ketones (excluding diaryl/α,β-unsaturated/α-hetero) is 1. The van der Waals surface area contributed by atoms with Crippen LogP contribution in [0.25, 0.3) is 0 Å². The third-order valence-corrected chi connectivity index (χ3v) is 6.80. The first-order chi connectivity index (χ1) is 14.7. The number of carbonyl (C=O) groups is 3. The number of aliphatic hydroxyl groups excluding tert-OH is 1. The van der Waals surface area contributed by atoms with E-state index in [1.165, 1.54) is 12.6 Å². The molecule has 6 nitrogen and oxygen atoms in total. The fourth-order valence-corrected chi connectivity index (χ4v) is 4.73. The van der Waals surface area contributed by atoms with Crippen molar-refractivity contribution >= 4 is 17.7 Å². The van der Waals surface area contributed by atoms with Gasteiger partial charge in [0.15, 0.2) is 0 Å². The van der Waals surface area contributed by atoms with Crippen molar-refractivity contribution < 1.29 is 24.2 Å². The number of ketones is 1. The van der Waals surface area contributed by atoms with E-state index in [0.717, 1.165) is 12.8 Å². The minimum atomic E-state index is -0.952. The van der Waals surface area contributed by atoms with Crippen molar-refractivity contribution in [3.05, 3.63) is 23.8 Å². The second-order valence-corrected chi connectivity index (χ2v) is 9.38. The summed E-state index contributed by atoms with van der Waals surface area (Å²) in [5, 5.41) is 12.4. The van der Waals surface area contributed by atoms with Gasteiger partial charge >= 0.3 is 5.97 Å². The van der Waals surface area contributed by atoms with Crippen LogP contribution < -0.4 is 5.32 Å². The van der Waals surface area contributed by atoms with Gasteiger partial charge in [0.1, 0.15) is 11.9 Å². The molecule has 0 spiro atoms. The summed E-state index contributed by atoms with van der Waals surface area (Å²) in [7, 11) is 1.51. The van der Waals surface area contributed by atoms with Crippen LogP contribution in [0.2, 0.25) is 0 Å². The topological polar surface area (TPSA) is 92.7 Å². The van der Waals surface area contributed by atoms with Crippen LogP contribution in [0.15, 0.2) is 23.8 Å². The molecule has 0 saturated heterocycles. The number of nitrogens with one attached hydrogen (secondary N) is 1. The molecule has 2 N–H and O–H groups in total. The first-order valence-corrected chi connectivity index (χ1v) is 11.7. The number of fused-ring (bicyclic) bond motifs is 1. The number of rotatable bonds is 10. The van der Waals surface area contributed by atoms with Gasteiger partial charge in [0, 0.05) is 25.8 Å². The smallest absolute Gasteiger partial charge is 0.308 e. The number of allylic oxidation sites excluding steroid dienone is 3. The Labute approximate surface area is 186 Å². The van der Waals surface area contributed by atoms with Crippen LogP contribution in [-0.4, -0.2) is 42.0 Å². The number of carbonyl (C=O) groups excluding carboxylic acids is 3. The average molecular weight is 434 g/mol. The molecule has 0 aliphatic heterocycles. The van der Waals surface area contributed by atoms with Crippen LogP contribution in [0.3, 0.4) is 0 Å². The van der Waals surface area contributed by atoms with Crippen molar-refractivity contribution in [3.8, 4) is 0 Å². The minimum Gasteiger partial charge on any atom is -0.461 e. The predicted molar refractivity (Wildman–Crippen MR) is 120 cm³/mol. The highest BCUT2D eigenvalue weighted by Crippen LogP contribution is 2.45. The van der Waals surface area contributed by atoms with Crippen molar-refractivity contribution in [2.45, 2.75) is 78.4 Å². The highest BCUT2D eigenvalue weighted by atomic mass is 16.5. The van der Waals surface area contributed by atoms with Crippen molar-refractivity contribution in [1.82, 2.24) is 5.32 Å². The molecule has 0 aromatic heterocycles. The van der Waals surface area contributed by atoms with Gasteiger partial charge in [0.2, 0.25) is 5.91 Å². The maximum Gasteiger partial charge on any atom is 0.308 e. The van der Waals surface area contributed by atoms with E-state index in [0.29, 0.717) is 18.8 Å². The zero-order valence-electron chi connectivity index (χ0n) is 19.6. The van der Waals surface area contributed by atoms with Crippen LogP contribution >= 0.6 is 0 Å². The number of amides is 1. The fraction of sp³-hybridized carbons (Fsp3) is 0.720. The Bertz CT molecular complexity index is 713. The van der Waals surface area contributed by atoms with Crippen LogP contribution in [-0.2, 0) is 19.1 Å². The summed E-state index contributed by atoms with van der Waals surface area (Å²) < 4.78 is 6.01. The Balaban J connectivity index is 2.07. The fourth-order valence-electron chi connectivity index (χ4n) is 4.73. The Morgan fingerprint density at radius 1 is 1.26 bits per heavy atom. The second-order valence-electron chi connectivity index (χ2n) is 9.38. The van der Waals surface area contributed by atoms with Crippen molar-refractivity contribution in [2.24, 2.45) is 29.6 Å². The molecule has 2 aliphatic rings. The first kappa shape index (κ1) is 25.3. The lowest BCUT2D eigenvalue weighted by molar-refractivity contribution is -0.158. The molecule has 2 aliphatic carbocycles. The maximum absolute atomic E-state index is 12.5. The molecule has 174 valence electrons. The van der Waals surface area contributed by atoms with Gasteiger partial charge in [-0.15, -0.1) is 0 Å². The van der Waals surface area contributed by atoms with Crippen molar-refractivity contribution in [3.63, 3.8) is 0 Å². The third-order valence-electron chi connectivity index (χ3n) is 6.80. The average Bonchev–Trinajstić information content (AvgIpc) is 2.72. The molecule has 0 aromatic carbocycles. The third kappa shape index (κ3) is 7.03. The summed E-state index contributed by atoms with van der Waals surface area (Å²) in [4.78, 5) is 36.4. The second kappa shape index (κ2) is 11.6. The van der Waals surface area contributed by atoms with Gasteiger partial charge in [-0.3, -0.25) is 14.4 Å². The SMILES string of the molecule is CCC(C)C(=O)OC1CC(C)C=C2C=CC(C)C(CCC(=O)CC(O)CC(=O)NC)C21. The first-order valence-electron chi connectivity index (χ1n) is 11.7. The molecule has 0 bridgehead atoms. The molecular weight excluding hydrogens is 394 g/mol. The number of hydrogen-bond acceptors (Lipinski definition) is 5. The molecule has 0 heterocycles. The normalized spacial score (nSPS) is 29.4. The van der Waals surface area contributed by atoms with Gasteiger partial charge in [-0.1, -0.05) is 45.9 Å². The van der Waals surface area contributed by atoms with Crippen LogP contribution in [0, 0.1) is 29.6 Å². The summed E-state index contributed by atoms with van der Waals surface area (Å²) in [6.45, 7) is 8.17. The van der Waals surface area contributed by atoms with E-state index >= 15 is 0 Å². The zero-order chi connectivity index (χ0) is 23.1. The zero-order valence-corrected chi connectivity index (χ0v) is 19.6. The Morgan fingerprint density at radius 3 is 2.61 bits per heavy atom. The van der Waals surface area contributed by atoms with Gasteiger partial charge in [-0.25, -0.2) is 0 Å². The number of ether oxygens (including phenoxy) is 1. The molecule has 0 saturated carbocycles. The van der Waals surface area contributed by atoms with Gasteiger partial charge in [0.25, 0.3) is 0 Å². The molecule has 0 aromatic rings. The summed E-state index contributed by atoms with van der Waals surface area (Å²) in [6.07, 6.45) is 7.96. The van der Waals surface area contributed by atoms with E-state index in [9.17, 15) is 19.5 Å². The molecule has 6 heteroatoms. The lowest BCUT2D eigenvalue weighted by atomic mass is 9.65. The summed E-state index contributed by atoms with van der Waals surface area (Å²) >= 11 is 0. The number of aliphatic hydroxyl groups is 1. The summed E-state index contributed by atoms with van der Waals surface area (Å²) in [6, 6.07) is 0. The van der Waals surface area contributed by atoms with Crippen LogP contribution in [0.4, 0.5) is 0 Å². The molecular formula is C25H39NO5. The highest BCUT2D eigenvalue weighted by molar-refractivity contribution is 5.81. The summed E-state index contributed by atoms with van der Waals surface area (Å²) in [5.74, 6) is 0.305. The lowest BCUT2D eigenvalue weighted by Crippen LogP contribution is -2.41. The molecule has 7 atom stereocenters. The lowest BCUT2D eigenvalue weighted by Gasteiger charge is -2.43. The molecule has 7 unspecified atom stereocenters. The monoisotopic (exact) mass is 433 g/mol. The van der Waals surface area contributed by atoms with E-state index in [1.807, 2.05) is 13.8 Å². The Hall–Kier alpha value is -1.95. The van der Waals surface area contributed by atoms with Crippen LogP contribution in [0.1, 0.15) is 66.2 Å². The molecule has 2 rings (SSSR count). The van der Waals surface area contributed by atoms with Crippen LogP contribution in [0.5, 0.6) is 0 Å². The Morgan fingerprint density at radius 2 is 1.97 bits per heavy atom. The largest absolute Gasteiger partial charge is 0.461 e. The van der Waals surface area contributed by atoms with E-state index in [1.54, 1.807) is 0 Å². The minimum absolute atomic E-state index is 0.0127. The molecule has 31 heavy (non-hydrogen) atoms. The standard InChI is InChI=1S/C25H39NO5/c1-6-16(3)25(30)31-22-12-15(2)11-18-8-7-17(4)21(24(18)22)10-9-19(27)13-20(28)14-23(29)26-5/h7-8,11,15-17,20-22,24,28H,6,9-10,12-14H2,1-5H3,(H,26,29). The van der Waals surface area contributed by atoms with E-state index in [2.05, 4.69) is 37.4 Å². The van der Waals surface area contributed by atoms with E-state index < -0.39 is 6.10 Å². The molecule has 0 radical (unpaired) electrons. The Kier molecular flexibility index (Phi) is 9.48. The summed E-state index contributed by atoms with van der Waals surface area (Å²) in [5.41, 5.74) is 1.20. The predicted octanol–water partition coefficient (Wildman–Crippen LogP) is 3.59. The van der Waals surface area contributed by atoms with Gasteiger partial charge in [-0.05, 0) is 42.6 Å². The highest BCUT2D eigenvalue weighted by Gasteiger charge is 2.41. The van der Waals surface area contributed by atoms with E-state index in [-0.39, 0.29) is 60.3 Å². The molecule has 0 fully saturated rings. The van der Waals surface area contributed by atoms with Crippen molar-refractivity contribution in [1.29, 1.82) is 0 Å². The quantitative estimate of drug-likeness (QED) is 0.514. The van der Waals surface area contributed by atoms with Gasteiger partial charge in [-0.2, -0.15) is 0 Å². The number of hydrogen-bond donors (Lipinski definition) is 2. The van der Waals surface area contributed by atoms with E-state index in [4.69, 9.17) is 4.74 Å². The van der Waals surface area contributed by atoms with Gasteiger partial charge in [0.05, 0.1) is 18.4 Å².